The zero-order valence-electron chi connectivity index (χ0n) is 16.6. The van der Waals surface area contributed by atoms with E-state index in [0.29, 0.717) is 5.56 Å². The van der Waals surface area contributed by atoms with Crippen LogP contribution in [0, 0.1) is 38.5 Å². The van der Waals surface area contributed by atoms with Gasteiger partial charge >= 0.3 is 5.69 Å². The molecule has 2 aromatic carbocycles. The third-order valence-electron chi connectivity index (χ3n) is 4.73. The van der Waals surface area contributed by atoms with Crippen LogP contribution in [0.15, 0.2) is 58.3 Å². The van der Waals surface area contributed by atoms with E-state index in [-0.39, 0.29) is 28.9 Å². The van der Waals surface area contributed by atoms with Gasteiger partial charge in [0.05, 0.1) is 28.0 Å². The number of hydrogen-bond donors (Lipinski definition) is 1. The SMILES string of the molecule is Cc1c(C=Nc2ccc([N+](=O)[O-])cc2[N+](=O)[O-])c(O)n(Cc2ccccc2)c(=O)c1C#N. The second kappa shape index (κ2) is 8.88. The van der Waals surface area contributed by atoms with Crippen molar-refractivity contribution < 1.29 is 15.0 Å². The normalized spacial score (nSPS) is 10.8. The van der Waals surface area contributed by atoms with Crippen LogP contribution in [0.25, 0.3) is 0 Å². The number of nitrogens with zero attached hydrogens (tertiary/aromatic N) is 5. The first-order chi connectivity index (χ1) is 15.2. The molecular weight excluding hydrogens is 418 g/mol. The van der Waals surface area contributed by atoms with Crippen molar-refractivity contribution >= 4 is 23.3 Å². The molecule has 3 rings (SSSR count). The van der Waals surface area contributed by atoms with E-state index < -0.39 is 32.7 Å². The Balaban J connectivity index is 2.15. The predicted molar refractivity (Wildman–Crippen MR) is 114 cm³/mol. The lowest BCUT2D eigenvalue weighted by Gasteiger charge is -2.14. The van der Waals surface area contributed by atoms with Gasteiger partial charge in [-0.15, -0.1) is 0 Å². The molecule has 11 heteroatoms. The van der Waals surface area contributed by atoms with E-state index in [1.54, 1.807) is 30.3 Å². The van der Waals surface area contributed by atoms with Gasteiger partial charge < -0.3 is 5.11 Å². The average Bonchev–Trinajstić information content (AvgIpc) is 2.77. The van der Waals surface area contributed by atoms with Gasteiger partial charge in [-0.25, -0.2) is 4.99 Å². The summed E-state index contributed by atoms with van der Waals surface area (Å²) in [5, 5.41) is 42.4. The quantitative estimate of drug-likeness (QED) is 0.353. The minimum atomic E-state index is -0.816. The standard InChI is InChI=1S/C21H15N5O6/c1-13-16(10-22)20(27)24(12-14-5-3-2-4-6-14)21(28)17(13)11-23-18-8-7-15(25(29)30)9-19(18)26(31)32/h2-9,11,28H,12H2,1H3. The molecule has 0 amide bonds. The van der Waals surface area contributed by atoms with Gasteiger partial charge in [0.25, 0.3) is 11.2 Å². The Kier molecular flexibility index (Phi) is 6.07. The van der Waals surface area contributed by atoms with Crippen molar-refractivity contribution in [3.8, 4) is 11.9 Å². The van der Waals surface area contributed by atoms with E-state index in [0.717, 1.165) is 29.0 Å². The van der Waals surface area contributed by atoms with E-state index in [9.17, 15) is 35.4 Å². The lowest BCUT2D eigenvalue weighted by molar-refractivity contribution is -0.393. The first kappa shape index (κ1) is 21.8. The Labute approximate surface area is 180 Å². The Morgan fingerprint density at radius 2 is 1.84 bits per heavy atom. The van der Waals surface area contributed by atoms with Crippen LogP contribution in [0.3, 0.4) is 0 Å². The maximum absolute atomic E-state index is 12.7. The number of pyridine rings is 1. The third kappa shape index (κ3) is 4.19. The fraction of sp³-hybridized carbons (Fsp3) is 0.0952. The molecule has 1 heterocycles. The highest BCUT2D eigenvalue weighted by Crippen LogP contribution is 2.32. The van der Waals surface area contributed by atoms with Crippen molar-refractivity contribution in [2.24, 2.45) is 4.99 Å². The second-order valence-electron chi connectivity index (χ2n) is 6.67. The number of nitro benzene ring substituents is 2. The number of hydrogen-bond acceptors (Lipinski definition) is 8. The average molecular weight is 433 g/mol. The number of aliphatic imine (C=N–C) groups is 1. The van der Waals surface area contributed by atoms with Crippen LogP contribution >= 0.6 is 0 Å². The van der Waals surface area contributed by atoms with Gasteiger partial charge in [-0.3, -0.25) is 29.6 Å². The second-order valence-corrected chi connectivity index (χ2v) is 6.67. The molecule has 160 valence electrons. The maximum Gasteiger partial charge on any atom is 0.301 e. The molecule has 0 saturated carbocycles. The minimum absolute atomic E-state index is 0.0149. The van der Waals surface area contributed by atoms with Gasteiger partial charge in [0.2, 0.25) is 5.88 Å². The minimum Gasteiger partial charge on any atom is -0.494 e. The highest BCUT2D eigenvalue weighted by atomic mass is 16.6. The monoisotopic (exact) mass is 433 g/mol. The summed E-state index contributed by atoms with van der Waals surface area (Å²) in [6, 6.07) is 13.5. The number of rotatable bonds is 6. The summed E-state index contributed by atoms with van der Waals surface area (Å²) in [7, 11) is 0. The molecular formula is C21H15N5O6. The van der Waals surface area contributed by atoms with Crippen molar-refractivity contribution in [1.82, 2.24) is 4.57 Å². The molecule has 0 aliphatic carbocycles. The molecule has 0 saturated heterocycles. The van der Waals surface area contributed by atoms with E-state index in [1.165, 1.54) is 6.92 Å². The maximum atomic E-state index is 12.7. The smallest absolute Gasteiger partial charge is 0.301 e. The van der Waals surface area contributed by atoms with E-state index >= 15 is 0 Å². The summed E-state index contributed by atoms with van der Waals surface area (Å²) < 4.78 is 1.01. The molecule has 0 atom stereocenters. The summed E-state index contributed by atoms with van der Waals surface area (Å²) in [6.07, 6.45) is 1.08. The predicted octanol–water partition coefficient (Wildman–Crippen LogP) is 3.35. The van der Waals surface area contributed by atoms with Crippen LogP contribution < -0.4 is 5.56 Å². The van der Waals surface area contributed by atoms with Crippen LogP contribution in [0.1, 0.15) is 22.3 Å². The number of nitriles is 1. The number of non-ortho nitro benzene ring substituents is 1. The number of benzene rings is 2. The summed E-state index contributed by atoms with van der Waals surface area (Å²) in [5.41, 5.74) is -1.31. The van der Waals surface area contributed by atoms with Crippen molar-refractivity contribution in [1.29, 1.82) is 5.26 Å². The van der Waals surface area contributed by atoms with Crippen LogP contribution in [0.4, 0.5) is 17.1 Å². The van der Waals surface area contributed by atoms with Gasteiger partial charge in [-0.1, -0.05) is 30.3 Å². The molecule has 0 spiro atoms. The zero-order valence-corrected chi connectivity index (χ0v) is 16.6. The topological polar surface area (TPSA) is 165 Å². The highest BCUT2D eigenvalue weighted by molar-refractivity contribution is 5.88. The van der Waals surface area contributed by atoms with Crippen LogP contribution in [-0.2, 0) is 6.54 Å². The highest BCUT2D eigenvalue weighted by Gasteiger charge is 2.21. The van der Waals surface area contributed by atoms with Crippen molar-refractivity contribution in [3.63, 3.8) is 0 Å². The van der Waals surface area contributed by atoms with Gasteiger partial charge in [-0.05, 0) is 24.1 Å². The van der Waals surface area contributed by atoms with Crippen molar-refractivity contribution in [2.45, 2.75) is 13.5 Å². The summed E-state index contributed by atoms with van der Waals surface area (Å²) in [6.45, 7) is 1.43. The molecule has 0 radical (unpaired) electrons. The summed E-state index contributed by atoms with van der Waals surface area (Å²) in [4.78, 5) is 37.3. The molecule has 0 aliphatic rings. The molecule has 0 fully saturated rings. The van der Waals surface area contributed by atoms with E-state index in [2.05, 4.69) is 4.99 Å². The van der Waals surface area contributed by atoms with Gasteiger partial charge in [0.1, 0.15) is 17.3 Å². The molecule has 0 aliphatic heterocycles. The molecule has 11 nitrogen and oxygen atoms in total. The first-order valence-corrected chi connectivity index (χ1v) is 9.12. The first-order valence-electron chi connectivity index (χ1n) is 9.12. The van der Waals surface area contributed by atoms with Gasteiger partial charge in [0, 0.05) is 12.3 Å². The lowest BCUT2D eigenvalue weighted by atomic mass is 10.1. The zero-order chi connectivity index (χ0) is 23.4. The molecule has 3 aromatic rings. The number of aromatic hydroxyl groups is 1. The fourth-order valence-electron chi connectivity index (χ4n) is 3.05. The Morgan fingerprint density at radius 3 is 2.44 bits per heavy atom. The largest absolute Gasteiger partial charge is 0.494 e. The van der Waals surface area contributed by atoms with Crippen molar-refractivity contribution in [2.75, 3.05) is 0 Å². The van der Waals surface area contributed by atoms with Crippen LogP contribution in [-0.4, -0.2) is 25.7 Å². The summed E-state index contributed by atoms with van der Waals surface area (Å²) in [5.74, 6) is -0.469. The number of aromatic nitrogens is 1. The van der Waals surface area contributed by atoms with Crippen LogP contribution in [0.2, 0.25) is 0 Å². The molecule has 1 N–H and O–H groups in total. The fourth-order valence-corrected chi connectivity index (χ4v) is 3.05. The Morgan fingerprint density at radius 1 is 1.16 bits per heavy atom. The Bertz CT molecular complexity index is 1360. The van der Waals surface area contributed by atoms with E-state index in [4.69, 9.17) is 0 Å². The van der Waals surface area contributed by atoms with E-state index in [1.807, 2.05) is 6.07 Å². The van der Waals surface area contributed by atoms with Gasteiger partial charge in [0.15, 0.2) is 0 Å². The Hall–Kier alpha value is -4.85. The number of nitro groups is 2. The molecule has 1 aromatic heterocycles. The molecule has 0 bridgehead atoms. The lowest BCUT2D eigenvalue weighted by Crippen LogP contribution is -2.25. The summed E-state index contributed by atoms with van der Waals surface area (Å²) >= 11 is 0. The molecule has 0 unspecified atom stereocenters. The van der Waals surface area contributed by atoms with Gasteiger partial charge in [-0.2, -0.15) is 5.26 Å². The van der Waals surface area contributed by atoms with Crippen LogP contribution in [0.5, 0.6) is 5.88 Å². The van der Waals surface area contributed by atoms with Crippen molar-refractivity contribution in [3.05, 3.63) is 101 Å². The third-order valence-corrected chi connectivity index (χ3v) is 4.73. The molecule has 32 heavy (non-hydrogen) atoms.